The second-order valence-electron chi connectivity index (χ2n) is 6.66. The highest BCUT2D eigenvalue weighted by Crippen LogP contribution is 2.34. The molecule has 0 nitrogen and oxygen atoms in total. The Morgan fingerprint density at radius 1 is 0.429 bits per heavy atom. The second-order valence-corrected chi connectivity index (χ2v) is 6.66. The summed E-state index contributed by atoms with van der Waals surface area (Å²) in [6, 6.07) is 0. The molecule has 0 aliphatic heterocycles. The van der Waals surface area contributed by atoms with Gasteiger partial charge < -0.3 is 0 Å². The summed E-state index contributed by atoms with van der Waals surface area (Å²) >= 11 is 0. The SMILES string of the molecule is Cc1c(F)c(F)c([B]C#Cc2c(F)c(F)c(F)c(F)c2F)c(-c2c(F)c(F)c(F)c(F)c2F)c1F. The molecule has 3 aromatic rings. The minimum absolute atomic E-state index is 0.0215. The van der Waals surface area contributed by atoms with Crippen LogP contribution in [0.15, 0.2) is 0 Å². The zero-order valence-corrected chi connectivity index (χ0v) is 16.5. The highest BCUT2D eigenvalue weighted by atomic mass is 19.2. The Morgan fingerprint density at radius 2 is 0.829 bits per heavy atom. The topological polar surface area (TPSA) is 0 Å². The van der Waals surface area contributed by atoms with Crippen molar-refractivity contribution in [2.24, 2.45) is 0 Å². The number of benzene rings is 3. The van der Waals surface area contributed by atoms with Crippen molar-refractivity contribution in [3.05, 3.63) is 86.8 Å². The molecule has 0 spiro atoms. The lowest BCUT2D eigenvalue weighted by atomic mass is 9.67. The van der Waals surface area contributed by atoms with Crippen LogP contribution < -0.4 is 5.46 Å². The highest BCUT2D eigenvalue weighted by molar-refractivity contribution is 6.63. The third-order valence-electron chi connectivity index (χ3n) is 4.66. The minimum atomic E-state index is -2.65. The molecule has 0 saturated carbocycles. The van der Waals surface area contributed by atoms with E-state index >= 15 is 0 Å². The van der Waals surface area contributed by atoms with Gasteiger partial charge in [-0.05, 0) is 12.4 Å². The molecular formula is C21H3BF13. The maximum atomic E-state index is 14.7. The van der Waals surface area contributed by atoms with E-state index in [0.29, 0.717) is 6.92 Å². The summed E-state index contributed by atoms with van der Waals surface area (Å²) in [4.78, 5) is 0. The quantitative estimate of drug-likeness (QED) is 0.134. The first-order valence-corrected chi connectivity index (χ1v) is 8.78. The van der Waals surface area contributed by atoms with E-state index < -0.39 is 103 Å². The molecule has 0 aliphatic carbocycles. The van der Waals surface area contributed by atoms with Crippen LogP contribution in [0.3, 0.4) is 0 Å². The molecule has 0 aromatic heterocycles. The Balaban J connectivity index is 2.31. The molecule has 14 heteroatoms. The van der Waals surface area contributed by atoms with Crippen molar-refractivity contribution in [3.63, 3.8) is 0 Å². The lowest BCUT2D eigenvalue weighted by Crippen LogP contribution is -2.26. The molecule has 3 rings (SSSR count). The van der Waals surface area contributed by atoms with Crippen LogP contribution in [-0.2, 0) is 0 Å². The van der Waals surface area contributed by atoms with Crippen LogP contribution in [0.2, 0.25) is 0 Å². The van der Waals surface area contributed by atoms with Gasteiger partial charge in [0.05, 0.1) is 5.56 Å². The van der Waals surface area contributed by atoms with Gasteiger partial charge in [-0.25, -0.2) is 57.1 Å². The van der Waals surface area contributed by atoms with E-state index in [1.807, 2.05) is 0 Å². The normalized spacial score (nSPS) is 10.9. The van der Waals surface area contributed by atoms with Gasteiger partial charge in [-0.15, -0.1) is 0 Å². The van der Waals surface area contributed by atoms with Gasteiger partial charge in [-0.1, -0.05) is 5.92 Å². The Labute approximate surface area is 187 Å². The molecule has 0 heterocycles. The molecule has 1 radical (unpaired) electrons. The van der Waals surface area contributed by atoms with Crippen molar-refractivity contribution in [2.75, 3.05) is 0 Å². The third-order valence-corrected chi connectivity index (χ3v) is 4.66. The summed E-state index contributed by atoms with van der Waals surface area (Å²) in [6.45, 7) is 0.549. The fourth-order valence-electron chi connectivity index (χ4n) is 2.89. The van der Waals surface area contributed by atoms with Gasteiger partial charge in [0.25, 0.3) is 7.28 Å². The van der Waals surface area contributed by atoms with E-state index in [1.165, 1.54) is 11.7 Å². The van der Waals surface area contributed by atoms with Crippen molar-refractivity contribution in [1.82, 2.24) is 0 Å². The molecule has 0 aliphatic rings. The minimum Gasteiger partial charge on any atom is -0.206 e. The molecule has 0 N–H and O–H groups in total. The summed E-state index contributed by atoms with van der Waals surface area (Å²) in [5.41, 5.74) is -8.38. The molecular weight excluding hydrogens is 510 g/mol. The van der Waals surface area contributed by atoms with Crippen LogP contribution in [0.4, 0.5) is 57.1 Å². The van der Waals surface area contributed by atoms with E-state index in [4.69, 9.17) is 0 Å². The predicted octanol–water partition coefficient (Wildman–Crippen LogP) is 5.81. The van der Waals surface area contributed by atoms with Crippen molar-refractivity contribution in [2.45, 2.75) is 6.92 Å². The van der Waals surface area contributed by atoms with Crippen LogP contribution in [0.1, 0.15) is 11.1 Å². The first-order chi connectivity index (χ1) is 16.2. The average molecular weight is 513 g/mol. The highest BCUT2D eigenvalue weighted by Gasteiger charge is 2.33. The van der Waals surface area contributed by atoms with Gasteiger partial charge in [-0.3, -0.25) is 0 Å². The molecule has 181 valence electrons. The molecule has 0 fully saturated rings. The molecule has 3 aromatic carbocycles. The van der Waals surface area contributed by atoms with Crippen LogP contribution >= 0.6 is 0 Å². The number of halogens is 13. The van der Waals surface area contributed by atoms with E-state index in [2.05, 4.69) is 0 Å². The van der Waals surface area contributed by atoms with Gasteiger partial charge in [0.1, 0.15) is 11.4 Å². The van der Waals surface area contributed by atoms with Crippen LogP contribution in [-0.4, -0.2) is 7.28 Å². The van der Waals surface area contributed by atoms with Crippen molar-refractivity contribution >= 4 is 12.7 Å². The molecule has 0 amide bonds. The maximum absolute atomic E-state index is 14.7. The van der Waals surface area contributed by atoms with Gasteiger partial charge in [-0.2, -0.15) is 5.82 Å². The standard InChI is InChI=1S/C21H3BF13/c1-4-9(23)6(7-13(27)18(32)21(35)19(33)14(7)28)8(15(29)10(4)24)22-3-2-5-11(25)16(30)20(34)17(31)12(5)26/h1H3. The number of hydrogen-bond donors (Lipinski definition) is 0. The lowest BCUT2D eigenvalue weighted by Gasteiger charge is -2.16. The van der Waals surface area contributed by atoms with E-state index in [9.17, 15) is 57.1 Å². The molecule has 0 atom stereocenters. The fourth-order valence-corrected chi connectivity index (χ4v) is 2.89. The monoisotopic (exact) mass is 513 g/mol. The zero-order chi connectivity index (χ0) is 26.5. The van der Waals surface area contributed by atoms with Gasteiger partial charge in [0, 0.05) is 11.1 Å². The first kappa shape index (κ1) is 26.0. The maximum Gasteiger partial charge on any atom is 0.258 e. The zero-order valence-electron chi connectivity index (χ0n) is 16.5. The largest absolute Gasteiger partial charge is 0.258 e. The van der Waals surface area contributed by atoms with E-state index in [0.717, 1.165) is 0 Å². The summed E-state index contributed by atoms with van der Waals surface area (Å²) in [7, 11) is -0.0215. The number of rotatable bonds is 2. The Kier molecular flexibility index (Phi) is 6.83. The van der Waals surface area contributed by atoms with Crippen LogP contribution in [0, 0.1) is 94.3 Å². The molecule has 35 heavy (non-hydrogen) atoms. The fraction of sp³-hybridized carbons (Fsp3) is 0.0476. The Bertz CT molecular complexity index is 1410. The summed E-state index contributed by atoms with van der Waals surface area (Å²) in [5.74, 6) is -28.7. The molecule has 0 bridgehead atoms. The average Bonchev–Trinajstić information content (AvgIpc) is 2.84. The van der Waals surface area contributed by atoms with Crippen molar-refractivity contribution in [3.8, 4) is 22.9 Å². The van der Waals surface area contributed by atoms with Crippen LogP contribution in [0.25, 0.3) is 11.1 Å². The summed E-state index contributed by atoms with van der Waals surface area (Å²) < 4.78 is 180. The summed E-state index contributed by atoms with van der Waals surface area (Å²) in [5, 5.41) is 0. The smallest absolute Gasteiger partial charge is 0.206 e. The van der Waals surface area contributed by atoms with Crippen LogP contribution in [0.5, 0.6) is 0 Å². The van der Waals surface area contributed by atoms with Gasteiger partial charge in [0.2, 0.25) is 11.6 Å². The Morgan fingerprint density at radius 3 is 1.29 bits per heavy atom. The predicted molar refractivity (Wildman–Crippen MR) is 94.8 cm³/mol. The van der Waals surface area contributed by atoms with E-state index in [1.54, 1.807) is 0 Å². The number of hydrogen-bond acceptors (Lipinski definition) is 0. The molecule has 0 saturated heterocycles. The van der Waals surface area contributed by atoms with Crippen molar-refractivity contribution in [1.29, 1.82) is 0 Å². The van der Waals surface area contributed by atoms with Gasteiger partial charge >= 0.3 is 0 Å². The second kappa shape index (κ2) is 9.20. The molecule has 0 unspecified atom stereocenters. The van der Waals surface area contributed by atoms with Crippen molar-refractivity contribution < 1.29 is 57.1 Å². The Hall–Kier alpha value is -3.63. The first-order valence-electron chi connectivity index (χ1n) is 8.78. The third kappa shape index (κ3) is 3.98. The summed E-state index contributed by atoms with van der Waals surface area (Å²) in [6.07, 6.45) is 0. The lowest BCUT2D eigenvalue weighted by molar-refractivity contribution is 0.376. The van der Waals surface area contributed by atoms with Gasteiger partial charge in [0.15, 0.2) is 58.2 Å². The van der Waals surface area contributed by atoms with E-state index in [-0.39, 0.29) is 7.28 Å².